The Balaban J connectivity index is 2.22. The van der Waals surface area contributed by atoms with Crippen LogP contribution in [0.5, 0.6) is 5.75 Å². The highest BCUT2D eigenvalue weighted by Gasteiger charge is 2.30. The van der Waals surface area contributed by atoms with E-state index in [1.165, 1.54) is 24.8 Å². The van der Waals surface area contributed by atoms with Crippen molar-refractivity contribution < 1.29 is 4.74 Å². The molecular weight excluding hydrogens is 258 g/mol. The van der Waals surface area contributed by atoms with E-state index < -0.39 is 0 Å². The average Bonchev–Trinajstić information content (AvgIpc) is 2.54. The molecule has 0 bridgehead atoms. The van der Waals surface area contributed by atoms with Gasteiger partial charge in [0.05, 0.1) is 7.11 Å². The van der Waals surface area contributed by atoms with Crippen molar-refractivity contribution in [2.45, 2.75) is 31.1 Å². The zero-order valence-electron chi connectivity index (χ0n) is 13.3. The molecule has 1 atom stereocenters. The molecule has 0 saturated heterocycles. The quantitative estimate of drug-likeness (QED) is 0.697. The topological polar surface area (TPSA) is 12.5 Å². The molecule has 114 valence electrons. The van der Waals surface area contributed by atoms with Gasteiger partial charge in [-0.25, -0.2) is 0 Å². The van der Waals surface area contributed by atoms with Gasteiger partial charge in [-0.05, 0) is 57.0 Å². The van der Waals surface area contributed by atoms with Crippen LogP contribution < -0.4 is 4.74 Å². The lowest BCUT2D eigenvalue weighted by Crippen LogP contribution is -2.31. The van der Waals surface area contributed by atoms with Gasteiger partial charge in [0.15, 0.2) is 0 Å². The Morgan fingerprint density at radius 3 is 2.95 bits per heavy atom. The van der Waals surface area contributed by atoms with Crippen molar-refractivity contribution in [2.75, 3.05) is 27.2 Å². The summed E-state index contributed by atoms with van der Waals surface area (Å²) in [5, 5.41) is 0. The van der Waals surface area contributed by atoms with Gasteiger partial charge in [0.1, 0.15) is 5.75 Å². The summed E-state index contributed by atoms with van der Waals surface area (Å²) in [6.45, 7) is 5.84. The standard InChI is InChI=1S/C19H27NO/c1-4-14-20(2)15-13-19(11-6-5-7-12-19)17-9-8-10-18(16-17)21-3/h4,6,8-11,16H,1,5,7,12-15H2,2-3H3. The summed E-state index contributed by atoms with van der Waals surface area (Å²) in [6, 6.07) is 8.56. The summed E-state index contributed by atoms with van der Waals surface area (Å²) in [5.74, 6) is 0.949. The van der Waals surface area contributed by atoms with E-state index in [0.29, 0.717) is 0 Å². The van der Waals surface area contributed by atoms with Crippen LogP contribution in [-0.2, 0) is 5.41 Å². The summed E-state index contributed by atoms with van der Waals surface area (Å²) < 4.78 is 5.41. The lowest BCUT2D eigenvalue weighted by molar-refractivity contribution is 0.308. The minimum Gasteiger partial charge on any atom is -0.497 e. The van der Waals surface area contributed by atoms with Crippen molar-refractivity contribution in [1.29, 1.82) is 0 Å². The number of methoxy groups -OCH3 is 1. The number of rotatable bonds is 7. The third-order valence-corrected chi connectivity index (χ3v) is 4.46. The van der Waals surface area contributed by atoms with Gasteiger partial charge in [-0.1, -0.05) is 30.4 Å². The van der Waals surface area contributed by atoms with E-state index in [4.69, 9.17) is 4.74 Å². The summed E-state index contributed by atoms with van der Waals surface area (Å²) in [4.78, 5) is 2.33. The highest BCUT2D eigenvalue weighted by atomic mass is 16.5. The van der Waals surface area contributed by atoms with Crippen molar-refractivity contribution in [2.24, 2.45) is 0 Å². The van der Waals surface area contributed by atoms with Gasteiger partial charge in [-0.2, -0.15) is 0 Å². The minimum atomic E-state index is 0.155. The maximum absolute atomic E-state index is 5.41. The Morgan fingerprint density at radius 2 is 2.29 bits per heavy atom. The van der Waals surface area contributed by atoms with Crippen molar-refractivity contribution in [3.8, 4) is 5.75 Å². The molecule has 0 aromatic heterocycles. The molecule has 0 heterocycles. The van der Waals surface area contributed by atoms with E-state index in [2.05, 4.69) is 48.9 Å². The van der Waals surface area contributed by atoms with E-state index in [1.54, 1.807) is 7.11 Å². The van der Waals surface area contributed by atoms with Crippen LogP contribution in [0.15, 0.2) is 49.1 Å². The first-order chi connectivity index (χ1) is 10.2. The smallest absolute Gasteiger partial charge is 0.119 e. The first-order valence-corrected chi connectivity index (χ1v) is 7.82. The molecule has 1 aromatic carbocycles. The van der Waals surface area contributed by atoms with Crippen LogP contribution in [0, 0.1) is 0 Å². The number of nitrogens with zero attached hydrogens (tertiary/aromatic N) is 1. The van der Waals surface area contributed by atoms with E-state index in [9.17, 15) is 0 Å². The zero-order valence-corrected chi connectivity index (χ0v) is 13.3. The zero-order chi connectivity index (χ0) is 15.1. The van der Waals surface area contributed by atoms with Gasteiger partial charge in [-0.15, -0.1) is 6.58 Å². The molecule has 1 aliphatic rings. The largest absolute Gasteiger partial charge is 0.497 e. The molecule has 0 radical (unpaired) electrons. The van der Waals surface area contributed by atoms with E-state index in [-0.39, 0.29) is 5.41 Å². The number of likely N-dealkylation sites (N-methyl/N-ethyl adjacent to an activating group) is 1. The van der Waals surface area contributed by atoms with E-state index in [1.807, 2.05) is 12.1 Å². The van der Waals surface area contributed by atoms with Gasteiger partial charge in [0, 0.05) is 12.0 Å². The molecule has 0 N–H and O–H groups in total. The van der Waals surface area contributed by atoms with E-state index >= 15 is 0 Å². The number of ether oxygens (including phenoxy) is 1. The molecular formula is C19H27NO. The second kappa shape index (κ2) is 7.46. The second-order valence-corrected chi connectivity index (χ2v) is 5.98. The fourth-order valence-electron chi connectivity index (χ4n) is 3.16. The normalized spacial score (nSPS) is 21.5. The lowest BCUT2D eigenvalue weighted by atomic mass is 9.71. The molecule has 1 unspecified atom stereocenters. The molecule has 1 aromatic rings. The van der Waals surface area contributed by atoms with Crippen molar-refractivity contribution >= 4 is 0 Å². The molecule has 1 aliphatic carbocycles. The summed E-state index contributed by atoms with van der Waals surface area (Å²) in [7, 11) is 3.90. The third-order valence-electron chi connectivity index (χ3n) is 4.46. The van der Waals surface area contributed by atoms with Gasteiger partial charge < -0.3 is 9.64 Å². The molecule has 0 saturated carbocycles. The molecule has 0 fully saturated rings. The van der Waals surface area contributed by atoms with Crippen LogP contribution in [0.1, 0.15) is 31.2 Å². The van der Waals surface area contributed by atoms with Crippen LogP contribution in [0.3, 0.4) is 0 Å². The third kappa shape index (κ3) is 3.98. The number of benzene rings is 1. The monoisotopic (exact) mass is 285 g/mol. The Bertz CT molecular complexity index is 494. The predicted molar refractivity (Wildman–Crippen MR) is 90.0 cm³/mol. The SMILES string of the molecule is C=CCN(C)CCC1(c2cccc(OC)c2)C=CCCC1. The Hall–Kier alpha value is -1.54. The van der Waals surface area contributed by atoms with Gasteiger partial charge in [-0.3, -0.25) is 0 Å². The molecule has 2 heteroatoms. The predicted octanol–water partition coefficient (Wildman–Crippen LogP) is 4.18. The Morgan fingerprint density at radius 1 is 1.43 bits per heavy atom. The molecule has 0 aliphatic heterocycles. The summed E-state index contributed by atoms with van der Waals surface area (Å²) in [5.41, 5.74) is 1.53. The fraction of sp³-hybridized carbons (Fsp3) is 0.474. The summed E-state index contributed by atoms with van der Waals surface area (Å²) in [6.07, 6.45) is 11.6. The second-order valence-electron chi connectivity index (χ2n) is 5.98. The fourth-order valence-corrected chi connectivity index (χ4v) is 3.16. The van der Waals surface area contributed by atoms with Crippen molar-refractivity contribution in [3.05, 3.63) is 54.6 Å². The Kier molecular flexibility index (Phi) is 5.63. The number of hydrogen-bond acceptors (Lipinski definition) is 2. The van der Waals surface area contributed by atoms with Gasteiger partial charge in [0.2, 0.25) is 0 Å². The maximum Gasteiger partial charge on any atom is 0.119 e. The summed E-state index contributed by atoms with van der Waals surface area (Å²) >= 11 is 0. The van der Waals surface area contributed by atoms with Gasteiger partial charge >= 0.3 is 0 Å². The minimum absolute atomic E-state index is 0.155. The Labute approximate surface area is 129 Å². The van der Waals surface area contributed by atoms with Crippen molar-refractivity contribution in [3.63, 3.8) is 0 Å². The van der Waals surface area contributed by atoms with E-state index in [0.717, 1.165) is 25.3 Å². The van der Waals surface area contributed by atoms with Crippen molar-refractivity contribution in [1.82, 2.24) is 4.90 Å². The highest BCUT2D eigenvalue weighted by molar-refractivity contribution is 5.38. The number of hydrogen-bond donors (Lipinski definition) is 0. The molecule has 21 heavy (non-hydrogen) atoms. The molecule has 2 rings (SSSR count). The van der Waals surface area contributed by atoms with Crippen LogP contribution in [-0.4, -0.2) is 32.1 Å². The average molecular weight is 285 g/mol. The van der Waals surface area contributed by atoms with Gasteiger partial charge in [0.25, 0.3) is 0 Å². The maximum atomic E-state index is 5.41. The molecule has 0 amide bonds. The number of allylic oxidation sites excluding steroid dienone is 2. The van der Waals surface area contributed by atoms with Crippen LogP contribution in [0.25, 0.3) is 0 Å². The first-order valence-electron chi connectivity index (χ1n) is 7.82. The molecule has 0 spiro atoms. The highest BCUT2D eigenvalue weighted by Crippen LogP contribution is 2.39. The first kappa shape index (κ1) is 15.8. The van der Waals surface area contributed by atoms with Crippen LogP contribution in [0.4, 0.5) is 0 Å². The lowest BCUT2D eigenvalue weighted by Gasteiger charge is -2.35. The van der Waals surface area contributed by atoms with Crippen LogP contribution in [0.2, 0.25) is 0 Å². The van der Waals surface area contributed by atoms with Crippen LogP contribution >= 0.6 is 0 Å². The molecule has 2 nitrogen and oxygen atoms in total.